The molecule has 0 amide bonds. The second kappa shape index (κ2) is 6.48. The molecule has 0 aliphatic heterocycles. The monoisotopic (exact) mass is 290 g/mol. The number of rotatable bonds is 2. The molecule has 3 aromatic carbocycles. The normalized spacial score (nSPS) is 10.1. The molecular weight excluding hydrogens is 268 g/mol. The van der Waals surface area contributed by atoms with Crippen LogP contribution in [0.4, 0.5) is 0 Å². The molecule has 0 bridgehead atoms. The summed E-state index contributed by atoms with van der Waals surface area (Å²) in [7, 11) is 0. The molecule has 0 heterocycles. The van der Waals surface area contributed by atoms with Gasteiger partial charge in [-0.15, -0.1) is 0 Å². The maximum Gasteiger partial charge on any atom is 0.121 e. The van der Waals surface area contributed by atoms with E-state index in [1.807, 2.05) is 32.0 Å². The van der Waals surface area contributed by atoms with Gasteiger partial charge in [0.1, 0.15) is 5.75 Å². The maximum absolute atomic E-state index is 9.96. The Kier molecular flexibility index (Phi) is 4.67. The summed E-state index contributed by atoms with van der Waals surface area (Å²) in [5.41, 5.74) is 6.57. The zero-order valence-corrected chi connectivity index (χ0v) is 12.3. The van der Waals surface area contributed by atoms with Crippen LogP contribution in [0, 0.1) is 13.8 Å². The van der Waals surface area contributed by atoms with Crippen LogP contribution in [0.1, 0.15) is 18.6 Å². The van der Waals surface area contributed by atoms with Gasteiger partial charge in [0.15, 0.2) is 0 Å². The molecule has 3 aromatic rings. The minimum atomic E-state index is 0. The van der Waals surface area contributed by atoms with E-state index in [2.05, 4.69) is 48.5 Å². The van der Waals surface area contributed by atoms with Gasteiger partial charge in [-0.3, -0.25) is 0 Å². The van der Waals surface area contributed by atoms with Crippen LogP contribution in [0.2, 0.25) is 0 Å². The summed E-state index contributed by atoms with van der Waals surface area (Å²) in [6.07, 6.45) is 0. The third-order valence-corrected chi connectivity index (χ3v) is 3.81. The minimum absolute atomic E-state index is 0. The van der Waals surface area contributed by atoms with E-state index in [0.717, 1.165) is 16.7 Å². The number of hydrogen-bond acceptors (Lipinski definition) is 1. The standard InChI is InChI=1S/C20H18O.CH4/c1-14-12-17(13-15(2)20(14)21)19-11-7-6-10-18(19)16-8-4-3-5-9-16;/h3-13,21H,1-2H3;1H4. The lowest BCUT2D eigenvalue weighted by molar-refractivity contribution is 0.467. The number of phenols is 1. The van der Waals surface area contributed by atoms with E-state index in [0.29, 0.717) is 5.75 Å². The Labute approximate surface area is 132 Å². The maximum atomic E-state index is 9.96. The number of benzene rings is 3. The second-order valence-electron chi connectivity index (χ2n) is 5.37. The van der Waals surface area contributed by atoms with Crippen LogP contribution >= 0.6 is 0 Å². The highest BCUT2D eigenvalue weighted by atomic mass is 16.3. The van der Waals surface area contributed by atoms with E-state index in [-0.39, 0.29) is 7.43 Å². The van der Waals surface area contributed by atoms with Crippen LogP contribution < -0.4 is 0 Å². The van der Waals surface area contributed by atoms with Crippen molar-refractivity contribution >= 4 is 0 Å². The number of aryl methyl sites for hydroxylation is 2. The van der Waals surface area contributed by atoms with E-state index in [1.54, 1.807) is 0 Å². The van der Waals surface area contributed by atoms with Gasteiger partial charge >= 0.3 is 0 Å². The van der Waals surface area contributed by atoms with Crippen LogP contribution in [-0.2, 0) is 0 Å². The predicted octanol–water partition coefficient (Wildman–Crippen LogP) is 5.98. The summed E-state index contributed by atoms with van der Waals surface area (Å²) < 4.78 is 0. The molecule has 1 N–H and O–H groups in total. The lowest BCUT2D eigenvalue weighted by Gasteiger charge is -2.13. The van der Waals surface area contributed by atoms with Gasteiger partial charge in [-0.05, 0) is 59.4 Å². The predicted molar refractivity (Wildman–Crippen MR) is 95.2 cm³/mol. The van der Waals surface area contributed by atoms with E-state index < -0.39 is 0 Å². The van der Waals surface area contributed by atoms with Crippen LogP contribution in [0.25, 0.3) is 22.3 Å². The molecule has 0 saturated carbocycles. The third kappa shape index (κ3) is 2.89. The molecule has 112 valence electrons. The molecular formula is C21H22O. The van der Waals surface area contributed by atoms with E-state index >= 15 is 0 Å². The highest BCUT2D eigenvalue weighted by molar-refractivity contribution is 5.84. The molecule has 0 aliphatic rings. The molecule has 0 radical (unpaired) electrons. The van der Waals surface area contributed by atoms with Crippen LogP contribution in [0.3, 0.4) is 0 Å². The quantitative estimate of drug-likeness (QED) is 0.615. The fourth-order valence-corrected chi connectivity index (χ4v) is 2.72. The van der Waals surface area contributed by atoms with Crippen LogP contribution in [-0.4, -0.2) is 5.11 Å². The van der Waals surface area contributed by atoms with E-state index in [1.165, 1.54) is 16.7 Å². The average Bonchev–Trinajstić information content (AvgIpc) is 2.53. The van der Waals surface area contributed by atoms with Crippen molar-refractivity contribution < 1.29 is 5.11 Å². The molecule has 0 saturated heterocycles. The van der Waals surface area contributed by atoms with E-state index in [4.69, 9.17) is 0 Å². The van der Waals surface area contributed by atoms with Gasteiger partial charge < -0.3 is 5.11 Å². The summed E-state index contributed by atoms with van der Waals surface area (Å²) in [4.78, 5) is 0. The first-order valence-corrected chi connectivity index (χ1v) is 7.12. The zero-order valence-electron chi connectivity index (χ0n) is 12.3. The Balaban J connectivity index is 0.00000176. The molecule has 22 heavy (non-hydrogen) atoms. The topological polar surface area (TPSA) is 20.2 Å². The Bertz CT molecular complexity index is 750. The number of hydrogen-bond donors (Lipinski definition) is 1. The summed E-state index contributed by atoms with van der Waals surface area (Å²) >= 11 is 0. The Morgan fingerprint density at radius 2 is 1.09 bits per heavy atom. The molecule has 0 atom stereocenters. The lowest BCUT2D eigenvalue weighted by Crippen LogP contribution is -1.88. The molecule has 0 unspecified atom stereocenters. The molecule has 1 heteroatoms. The van der Waals surface area contributed by atoms with E-state index in [9.17, 15) is 5.11 Å². The summed E-state index contributed by atoms with van der Waals surface area (Å²) in [6.45, 7) is 3.88. The van der Waals surface area contributed by atoms with Gasteiger partial charge in [0.25, 0.3) is 0 Å². The minimum Gasteiger partial charge on any atom is -0.507 e. The van der Waals surface area contributed by atoms with Gasteiger partial charge in [-0.25, -0.2) is 0 Å². The van der Waals surface area contributed by atoms with Crippen molar-refractivity contribution in [2.45, 2.75) is 21.3 Å². The van der Waals surface area contributed by atoms with Gasteiger partial charge in [0.05, 0.1) is 0 Å². The zero-order chi connectivity index (χ0) is 14.8. The molecule has 0 spiro atoms. The van der Waals surface area contributed by atoms with Crippen molar-refractivity contribution in [1.82, 2.24) is 0 Å². The summed E-state index contributed by atoms with van der Waals surface area (Å²) in [6, 6.07) is 22.9. The molecule has 0 fully saturated rings. The highest BCUT2D eigenvalue weighted by Crippen LogP contribution is 2.35. The molecule has 1 nitrogen and oxygen atoms in total. The summed E-state index contributed by atoms with van der Waals surface area (Å²) in [5.74, 6) is 0.385. The first kappa shape index (κ1) is 15.8. The smallest absolute Gasteiger partial charge is 0.121 e. The van der Waals surface area contributed by atoms with Crippen molar-refractivity contribution in [2.24, 2.45) is 0 Å². The van der Waals surface area contributed by atoms with Crippen molar-refractivity contribution in [3.8, 4) is 28.0 Å². The third-order valence-electron chi connectivity index (χ3n) is 3.81. The first-order valence-electron chi connectivity index (χ1n) is 7.12. The van der Waals surface area contributed by atoms with Crippen molar-refractivity contribution in [3.63, 3.8) is 0 Å². The first-order chi connectivity index (χ1) is 10.2. The Hall–Kier alpha value is -2.54. The fraction of sp³-hybridized carbons (Fsp3) is 0.143. The lowest BCUT2D eigenvalue weighted by atomic mass is 9.92. The number of phenolic OH excluding ortho intramolecular Hbond substituents is 1. The van der Waals surface area contributed by atoms with Crippen molar-refractivity contribution in [2.75, 3.05) is 0 Å². The van der Waals surface area contributed by atoms with Crippen molar-refractivity contribution in [1.29, 1.82) is 0 Å². The summed E-state index contributed by atoms with van der Waals surface area (Å²) in [5, 5.41) is 9.96. The molecule has 0 aliphatic carbocycles. The number of aromatic hydroxyl groups is 1. The molecule has 0 aromatic heterocycles. The van der Waals surface area contributed by atoms with Gasteiger partial charge in [0.2, 0.25) is 0 Å². The Morgan fingerprint density at radius 3 is 1.64 bits per heavy atom. The van der Waals surface area contributed by atoms with Crippen LogP contribution in [0.5, 0.6) is 5.75 Å². The van der Waals surface area contributed by atoms with Gasteiger partial charge in [-0.1, -0.05) is 62.0 Å². The second-order valence-corrected chi connectivity index (χ2v) is 5.37. The fourth-order valence-electron chi connectivity index (χ4n) is 2.72. The highest BCUT2D eigenvalue weighted by Gasteiger charge is 2.09. The average molecular weight is 290 g/mol. The van der Waals surface area contributed by atoms with Gasteiger partial charge in [-0.2, -0.15) is 0 Å². The Morgan fingerprint density at radius 1 is 0.636 bits per heavy atom. The molecule has 3 rings (SSSR count). The largest absolute Gasteiger partial charge is 0.507 e. The van der Waals surface area contributed by atoms with Crippen molar-refractivity contribution in [3.05, 3.63) is 77.9 Å². The SMILES string of the molecule is C.Cc1cc(-c2ccccc2-c2ccccc2)cc(C)c1O. The van der Waals surface area contributed by atoms with Crippen LogP contribution in [0.15, 0.2) is 66.7 Å². The van der Waals surface area contributed by atoms with Gasteiger partial charge in [0, 0.05) is 0 Å².